The summed E-state index contributed by atoms with van der Waals surface area (Å²) >= 11 is 0. The van der Waals surface area contributed by atoms with Gasteiger partial charge in [0.25, 0.3) is 0 Å². The topological polar surface area (TPSA) is 59.8 Å². The number of halogens is 1. The number of carbonyl (C=O) groups excluding carboxylic acids is 1. The van der Waals surface area contributed by atoms with Crippen molar-refractivity contribution in [2.45, 2.75) is 32.2 Å². The number of aromatic nitrogens is 3. The summed E-state index contributed by atoms with van der Waals surface area (Å²) in [6, 6.07) is 14.1. The molecule has 2 heterocycles. The fourth-order valence-electron chi connectivity index (χ4n) is 3.37. The molecule has 0 atom stereocenters. The van der Waals surface area contributed by atoms with Crippen molar-refractivity contribution in [3.63, 3.8) is 0 Å². The molecule has 0 radical (unpaired) electrons. The number of carbonyl (C=O) groups is 1. The summed E-state index contributed by atoms with van der Waals surface area (Å²) in [5.74, 6) is 0.807. The zero-order valence-corrected chi connectivity index (χ0v) is 15.4. The van der Waals surface area contributed by atoms with E-state index in [2.05, 4.69) is 20.1 Å². The maximum absolute atomic E-state index is 14.3. The molecule has 28 heavy (non-hydrogen) atoms. The second-order valence-corrected chi connectivity index (χ2v) is 6.83. The monoisotopic (exact) mass is 376 g/mol. The van der Waals surface area contributed by atoms with Crippen molar-refractivity contribution in [3.8, 4) is 11.4 Å². The SMILES string of the molecule is O=C(C=Cc1ccccc1)Nc1cc(-c2nnc3n2CCCCC3)ccc1F. The zero-order valence-electron chi connectivity index (χ0n) is 15.4. The van der Waals surface area contributed by atoms with Crippen LogP contribution in [0.25, 0.3) is 17.5 Å². The lowest BCUT2D eigenvalue weighted by Gasteiger charge is -2.09. The van der Waals surface area contributed by atoms with E-state index >= 15 is 0 Å². The minimum atomic E-state index is -0.485. The predicted octanol–water partition coefficient (Wildman–Crippen LogP) is 4.46. The Labute approximate surface area is 162 Å². The molecular weight excluding hydrogens is 355 g/mol. The van der Waals surface area contributed by atoms with Crippen molar-refractivity contribution in [1.82, 2.24) is 14.8 Å². The first kappa shape index (κ1) is 18.1. The fourth-order valence-corrected chi connectivity index (χ4v) is 3.37. The Kier molecular flexibility index (Phi) is 5.28. The Bertz CT molecular complexity index is 1010. The van der Waals surface area contributed by atoms with Gasteiger partial charge in [0.2, 0.25) is 5.91 Å². The van der Waals surface area contributed by atoms with E-state index in [9.17, 15) is 9.18 Å². The van der Waals surface area contributed by atoms with Gasteiger partial charge in [0.05, 0.1) is 5.69 Å². The van der Waals surface area contributed by atoms with Crippen LogP contribution in [0.2, 0.25) is 0 Å². The molecule has 2 aromatic carbocycles. The summed E-state index contributed by atoms with van der Waals surface area (Å²) < 4.78 is 16.4. The number of fused-ring (bicyclic) bond motifs is 1. The Hall–Kier alpha value is -3.28. The number of nitrogens with one attached hydrogen (secondary N) is 1. The van der Waals surface area contributed by atoms with Crippen LogP contribution in [0.4, 0.5) is 10.1 Å². The first-order valence-electron chi connectivity index (χ1n) is 9.47. The highest BCUT2D eigenvalue weighted by atomic mass is 19.1. The zero-order chi connectivity index (χ0) is 19.3. The highest BCUT2D eigenvalue weighted by molar-refractivity contribution is 6.02. The van der Waals surface area contributed by atoms with E-state index in [1.807, 2.05) is 30.3 Å². The van der Waals surface area contributed by atoms with E-state index in [0.717, 1.165) is 42.8 Å². The van der Waals surface area contributed by atoms with Crippen LogP contribution >= 0.6 is 0 Å². The predicted molar refractivity (Wildman–Crippen MR) is 107 cm³/mol. The molecule has 0 bridgehead atoms. The molecule has 1 aliphatic heterocycles. The van der Waals surface area contributed by atoms with Crippen LogP contribution in [0.5, 0.6) is 0 Å². The van der Waals surface area contributed by atoms with E-state index in [-0.39, 0.29) is 11.6 Å². The molecule has 1 N–H and O–H groups in total. The number of hydrogen-bond acceptors (Lipinski definition) is 3. The molecule has 1 amide bonds. The number of anilines is 1. The Morgan fingerprint density at radius 2 is 1.93 bits per heavy atom. The van der Waals surface area contributed by atoms with Gasteiger partial charge in [-0.1, -0.05) is 36.8 Å². The molecule has 6 heteroatoms. The fraction of sp³-hybridized carbons (Fsp3) is 0.227. The molecule has 0 saturated heterocycles. The van der Waals surface area contributed by atoms with Crippen molar-refractivity contribution in [2.75, 3.05) is 5.32 Å². The van der Waals surface area contributed by atoms with Crippen LogP contribution < -0.4 is 5.32 Å². The molecule has 4 rings (SSSR count). The molecule has 0 saturated carbocycles. The summed E-state index contributed by atoms with van der Waals surface area (Å²) in [5.41, 5.74) is 1.77. The quantitative estimate of drug-likeness (QED) is 0.684. The maximum atomic E-state index is 14.3. The lowest BCUT2D eigenvalue weighted by molar-refractivity contribution is -0.111. The Morgan fingerprint density at radius 1 is 1.07 bits per heavy atom. The van der Waals surface area contributed by atoms with Crippen molar-refractivity contribution < 1.29 is 9.18 Å². The van der Waals surface area contributed by atoms with Crippen LogP contribution in [0.15, 0.2) is 54.6 Å². The van der Waals surface area contributed by atoms with Crippen molar-refractivity contribution in [3.05, 3.63) is 71.8 Å². The minimum absolute atomic E-state index is 0.131. The lowest BCUT2D eigenvalue weighted by atomic mass is 10.1. The average molecular weight is 376 g/mol. The number of aryl methyl sites for hydroxylation is 1. The molecule has 0 aliphatic carbocycles. The Morgan fingerprint density at radius 3 is 2.79 bits per heavy atom. The van der Waals surface area contributed by atoms with Gasteiger partial charge in [-0.05, 0) is 42.7 Å². The van der Waals surface area contributed by atoms with E-state index in [1.54, 1.807) is 18.2 Å². The number of hydrogen-bond donors (Lipinski definition) is 1. The third kappa shape index (κ3) is 4.01. The van der Waals surface area contributed by atoms with Gasteiger partial charge in [0, 0.05) is 24.6 Å². The molecule has 0 spiro atoms. The molecule has 0 unspecified atom stereocenters. The van der Waals surface area contributed by atoms with Gasteiger partial charge in [-0.15, -0.1) is 10.2 Å². The third-order valence-corrected chi connectivity index (χ3v) is 4.82. The lowest BCUT2D eigenvalue weighted by Crippen LogP contribution is -2.10. The second-order valence-electron chi connectivity index (χ2n) is 6.83. The van der Waals surface area contributed by atoms with Crippen LogP contribution in [-0.2, 0) is 17.8 Å². The Balaban J connectivity index is 1.55. The number of nitrogens with zero attached hydrogens (tertiary/aromatic N) is 3. The maximum Gasteiger partial charge on any atom is 0.248 e. The highest BCUT2D eigenvalue weighted by Gasteiger charge is 2.17. The van der Waals surface area contributed by atoms with Gasteiger partial charge >= 0.3 is 0 Å². The van der Waals surface area contributed by atoms with Crippen LogP contribution in [0, 0.1) is 5.82 Å². The molecule has 3 aromatic rings. The van der Waals surface area contributed by atoms with Crippen LogP contribution in [0.1, 0.15) is 30.7 Å². The van der Waals surface area contributed by atoms with Crippen LogP contribution in [-0.4, -0.2) is 20.7 Å². The van der Waals surface area contributed by atoms with E-state index in [0.29, 0.717) is 5.82 Å². The first-order valence-corrected chi connectivity index (χ1v) is 9.47. The summed E-state index contributed by atoms with van der Waals surface area (Å²) in [4.78, 5) is 12.2. The van der Waals surface area contributed by atoms with Crippen LogP contribution in [0.3, 0.4) is 0 Å². The van der Waals surface area contributed by atoms with Gasteiger partial charge in [-0.2, -0.15) is 0 Å². The summed E-state index contributed by atoms with van der Waals surface area (Å²) in [7, 11) is 0. The molecule has 0 fully saturated rings. The largest absolute Gasteiger partial charge is 0.320 e. The highest BCUT2D eigenvalue weighted by Crippen LogP contribution is 2.26. The third-order valence-electron chi connectivity index (χ3n) is 4.82. The number of amides is 1. The smallest absolute Gasteiger partial charge is 0.248 e. The van der Waals surface area contributed by atoms with Crippen molar-refractivity contribution in [1.29, 1.82) is 0 Å². The van der Waals surface area contributed by atoms with E-state index in [4.69, 9.17) is 0 Å². The summed E-state index contributed by atoms with van der Waals surface area (Å²) in [5, 5.41) is 11.2. The molecule has 142 valence electrons. The van der Waals surface area contributed by atoms with Gasteiger partial charge in [0.15, 0.2) is 5.82 Å². The van der Waals surface area contributed by atoms with Crippen molar-refractivity contribution >= 4 is 17.7 Å². The first-order chi connectivity index (χ1) is 13.7. The summed E-state index contributed by atoms with van der Waals surface area (Å²) in [6.45, 7) is 0.858. The van der Waals surface area contributed by atoms with Gasteiger partial charge in [-0.3, -0.25) is 4.79 Å². The minimum Gasteiger partial charge on any atom is -0.320 e. The van der Waals surface area contributed by atoms with E-state index in [1.165, 1.54) is 18.6 Å². The molecule has 5 nitrogen and oxygen atoms in total. The standard InChI is InChI=1S/C22H21FN4O/c23-18-12-11-17(22-26-25-20-9-5-2-6-14-27(20)22)15-19(18)24-21(28)13-10-16-7-3-1-4-8-16/h1,3-4,7-8,10-13,15H,2,5-6,9,14H2,(H,24,28). The molecular formula is C22H21FN4O. The summed E-state index contributed by atoms with van der Waals surface area (Å²) in [6.07, 6.45) is 7.34. The van der Waals surface area contributed by atoms with Crippen molar-refractivity contribution in [2.24, 2.45) is 0 Å². The number of benzene rings is 2. The van der Waals surface area contributed by atoms with E-state index < -0.39 is 5.82 Å². The van der Waals surface area contributed by atoms with Gasteiger partial charge < -0.3 is 9.88 Å². The van der Waals surface area contributed by atoms with Gasteiger partial charge in [0.1, 0.15) is 11.6 Å². The second kappa shape index (κ2) is 8.17. The van der Waals surface area contributed by atoms with Gasteiger partial charge in [-0.25, -0.2) is 4.39 Å². The molecule has 1 aliphatic rings. The number of rotatable bonds is 4. The molecule has 1 aromatic heterocycles. The average Bonchev–Trinajstić information content (AvgIpc) is 2.97. The normalized spacial score (nSPS) is 13.9.